The molecule has 1 aromatic heterocycles. The molecule has 2 fully saturated rings. The number of hydrogen-bond acceptors (Lipinski definition) is 4. The van der Waals surface area contributed by atoms with Gasteiger partial charge in [0.25, 0.3) is 5.91 Å². The van der Waals surface area contributed by atoms with E-state index in [9.17, 15) is 4.79 Å². The van der Waals surface area contributed by atoms with Gasteiger partial charge < -0.3 is 15.5 Å². The highest BCUT2D eigenvalue weighted by Gasteiger charge is 2.23. The molecule has 130 valence electrons. The minimum Gasteiger partial charge on any atom is -0.372 e. The van der Waals surface area contributed by atoms with Gasteiger partial charge in [0.05, 0.1) is 5.56 Å². The molecule has 0 bridgehead atoms. The SMILES string of the molecule is O=C(Nc1ccc(N2CCCCC2)cc1)c1cccnc1NC1CC1. The second kappa shape index (κ2) is 7.13. The van der Waals surface area contributed by atoms with Gasteiger partial charge in [-0.05, 0) is 68.5 Å². The van der Waals surface area contributed by atoms with Crippen molar-refractivity contribution in [3.8, 4) is 0 Å². The number of hydrogen-bond donors (Lipinski definition) is 2. The summed E-state index contributed by atoms with van der Waals surface area (Å²) in [7, 11) is 0. The van der Waals surface area contributed by atoms with Crippen molar-refractivity contribution in [2.75, 3.05) is 28.6 Å². The molecule has 0 radical (unpaired) electrons. The van der Waals surface area contributed by atoms with Gasteiger partial charge in [0, 0.05) is 36.7 Å². The van der Waals surface area contributed by atoms with Crippen LogP contribution in [0.25, 0.3) is 0 Å². The van der Waals surface area contributed by atoms with Gasteiger partial charge in [-0.15, -0.1) is 0 Å². The van der Waals surface area contributed by atoms with Crippen LogP contribution in [-0.4, -0.2) is 30.0 Å². The zero-order valence-corrected chi connectivity index (χ0v) is 14.4. The van der Waals surface area contributed by atoms with Crippen LogP contribution < -0.4 is 15.5 Å². The second-order valence-electron chi connectivity index (χ2n) is 6.87. The molecule has 1 aliphatic carbocycles. The molecule has 2 aromatic rings. The topological polar surface area (TPSA) is 57.3 Å². The van der Waals surface area contributed by atoms with Gasteiger partial charge in [0.2, 0.25) is 0 Å². The van der Waals surface area contributed by atoms with Crippen LogP contribution in [0.3, 0.4) is 0 Å². The van der Waals surface area contributed by atoms with Crippen LogP contribution in [0.5, 0.6) is 0 Å². The summed E-state index contributed by atoms with van der Waals surface area (Å²) in [6.45, 7) is 2.25. The Bertz CT molecular complexity index is 734. The third-order valence-corrected chi connectivity index (χ3v) is 4.82. The van der Waals surface area contributed by atoms with E-state index in [-0.39, 0.29) is 5.91 Å². The molecule has 2 N–H and O–H groups in total. The van der Waals surface area contributed by atoms with E-state index in [1.165, 1.54) is 24.9 Å². The van der Waals surface area contributed by atoms with Gasteiger partial charge in [0.1, 0.15) is 5.82 Å². The molecular formula is C20H24N4O. The van der Waals surface area contributed by atoms with Gasteiger partial charge in [-0.25, -0.2) is 4.98 Å². The summed E-state index contributed by atoms with van der Waals surface area (Å²) in [4.78, 5) is 19.4. The third kappa shape index (κ3) is 3.92. The Morgan fingerprint density at radius 1 is 1.04 bits per heavy atom. The molecule has 25 heavy (non-hydrogen) atoms. The normalized spacial score (nSPS) is 17.2. The first-order chi connectivity index (χ1) is 12.3. The minimum atomic E-state index is -0.123. The number of aromatic nitrogens is 1. The fourth-order valence-electron chi connectivity index (χ4n) is 3.23. The molecule has 1 aromatic carbocycles. The molecule has 0 unspecified atom stereocenters. The van der Waals surface area contributed by atoms with Crippen LogP contribution in [0.15, 0.2) is 42.6 Å². The first kappa shape index (κ1) is 15.9. The summed E-state index contributed by atoms with van der Waals surface area (Å²) in [5.41, 5.74) is 2.64. The molecule has 1 saturated heterocycles. The Balaban J connectivity index is 1.44. The fourth-order valence-corrected chi connectivity index (χ4v) is 3.23. The van der Waals surface area contributed by atoms with E-state index in [1.807, 2.05) is 18.2 Å². The van der Waals surface area contributed by atoms with Crippen LogP contribution in [0, 0.1) is 0 Å². The number of carbonyl (C=O) groups excluding carboxylic acids is 1. The molecule has 5 heteroatoms. The van der Waals surface area contributed by atoms with Crippen LogP contribution in [0.2, 0.25) is 0 Å². The molecular weight excluding hydrogens is 312 g/mol. The number of amides is 1. The van der Waals surface area contributed by atoms with Gasteiger partial charge >= 0.3 is 0 Å². The van der Waals surface area contributed by atoms with Crippen molar-refractivity contribution in [3.63, 3.8) is 0 Å². The lowest BCUT2D eigenvalue weighted by molar-refractivity contribution is 0.102. The van der Waals surface area contributed by atoms with Crippen LogP contribution in [0.1, 0.15) is 42.5 Å². The number of pyridine rings is 1. The predicted molar refractivity (Wildman–Crippen MR) is 101 cm³/mol. The number of anilines is 3. The van der Waals surface area contributed by atoms with Crippen molar-refractivity contribution in [3.05, 3.63) is 48.2 Å². The Labute approximate surface area is 148 Å². The summed E-state index contributed by atoms with van der Waals surface area (Å²) < 4.78 is 0. The molecule has 0 atom stereocenters. The maximum absolute atomic E-state index is 12.6. The number of benzene rings is 1. The first-order valence-corrected chi connectivity index (χ1v) is 9.17. The maximum atomic E-state index is 12.6. The van der Waals surface area contributed by atoms with Crippen molar-refractivity contribution in [2.24, 2.45) is 0 Å². The lowest BCUT2D eigenvalue weighted by atomic mass is 10.1. The summed E-state index contributed by atoms with van der Waals surface area (Å²) >= 11 is 0. The quantitative estimate of drug-likeness (QED) is 0.869. The summed E-state index contributed by atoms with van der Waals surface area (Å²) in [6.07, 6.45) is 7.86. The number of piperidine rings is 1. The molecule has 1 saturated carbocycles. The first-order valence-electron chi connectivity index (χ1n) is 9.17. The number of carbonyl (C=O) groups is 1. The maximum Gasteiger partial charge on any atom is 0.259 e. The lowest BCUT2D eigenvalue weighted by Crippen LogP contribution is -2.29. The molecule has 2 aliphatic rings. The van der Waals surface area contributed by atoms with E-state index in [4.69, 9.17) is 0 Å². The smallest absolute Gasteiger partial charge is 0.259 e. The summed E-state index contributed by atoms with van der Waals surface area (Å²) in [5.74, 6) is 0.550. The Morgan fingerprint density at radius 3 is 2.52 bits per heavy atom. The molecule has 5 nitrogen and oxygen atoms in total. The Hall–Kier alpha value is -2.56. The van der Waals surface area contributed by atoms with Gasteiger partial charge in [-0.1, -0.05) is 0 Å². The highest BCUT2D eigenvalue weighted by molar-refractivity contribution is 6.07. The molecule has 2 heterocycles. The van der Waals surface area contributed by atoms with E-state index < -0.39 is 0 Å². The fraction of sp³-hybridized carbons (Fsp3) is 0.400. The summed E-state index contributed by atoms with van der Waals surface area (Å²) in [5, 5.41) is 6.31. The van der Waals surface area contributed by atoms with E-state index >= 15 is 0 Å². The minimum absolute atomic E-state index is 0.123. The highest BCUT2D eigenvalue weighted by Crippen LogP contribution is 2.26. The second-order valence-corrected chi connectivity index (χ2v) is 6.87. The molecule has 4 rings (SSSR count). The standard InChI is InChI=1S/C20H24N4O/c25-20(18-5-4-12-21-19(18)22-15-6-7-15)23-16-8-10-17(11-9-16)24-13-2-1-3-14-24/h4-5,8-12,15H,1-3,6-7,13-14H2,(H,21,22)(H,23,25). The number of rotatable bonds is 5. The van der Waals surface area contributed by atoms with Gasteiger partial charge in [0.15, 0.2) is 0 Å². The van der Waals surface area contributed by atoms with Crippen LogP contribution in [-0.2, 0) is 0 Å². The van der Waals surface area contributed by atoms with Crippen molar-refractivity contribution in [1.82, 2.24) is 4.98 Å². The van der Waals surface area contributed by atoms with Crippen LogP contribution in [0.4, 0.5) is 17.2 Å². The van der Waals surface area contributed by atoms with Crippen LogP contribution >= 0.6 is 0 Å². The average Bonchev–Trinajstić information content (AvgIpc) is 3.47. The van der Waals surface area contributed by atoms with E-state index in [0.717, 1.165) is 31.6 Å². The zero-order valence-electron chi connectivity index (χ0n) is 14.4. The number of nitrogens with zero attached hydrogens (tertiary/aromatic N) is 2. The van der Waals surface area contributed by atoms with E-state index in [1.54, 1.807) is 12.3 Å². The Kier molecular flexibility index (Phi) is 4.55. The average molecular weight is 336 g/mol. The molecule has 1 aliphatic heterocycles. The predicted octanol–water partition coefficient (Wildman–Crippen LogP) is 3.90. The molecule has 1 amide bonds. The van der Waals surface area contributed by atoms with Crippen molar-refractivity contribution < 1.29 is 4.79 Å². The van der Waals surface area contributed by atoms with Gasteiger partial charge in [-0.3, -0.25) is 4.79 Å². The van der Waals surface area contributed by atoms with E-state index in [0.29, 0.717) is 17.4 Å². The number of nitrogens with one attached hydrogen (secondary N) is 2. The monoisotopic (exact) mass is 336 g/mol. The largest absolute Gasteiger partial charge is 0.372 e. The van der Waals surface area contributed by atoms with Crippen molar-refractivity contribution >= 4 is 23.1 Å². The molecule has 0 spiro atoms. The highest BCUT2D eigenvalue weighted by atomic mass is 16.1. The van der Waals surface area contributed by atoms with Crippen molar-refractivity contribution in [2.45, 2.75) is 38.1 Å². The van der Waals surface area contributed by atoms with Crippen molar-refractivity contribution in [1.29, 1.82) is 0 Å². The Morgan fingerprint density at radius 2 is 1.80 bits per heavy atom. The van der Waals surface area contributed by atoms with E-state index in [2.05, 4.69) is 32.7 Å². The summed E-state index contributed by atoms with van der Waals surface area (Å²) in [6, 6.07) is 12.2. The lowest BCUT2D eigenvalue weighted by Gasteiger charge is -2.28. The van der Waals surface area contributed by atoms with Gasteiger partial charge in [-0.2, -0.15) is 0 Å². The third-order valence-electron chi connectivity index (χ3n) is 4.82. The zero-order chi connectivity index (χ0) is 17.1.